The van der Waals surface area contributed by atoms with Crippen molar-refractivity contribution in [2.24, 2.45) is 0 Å². The Morgan fingerprint density at radius 3 is 1.34 bits per heavy atom. The fraction of sp³-hybridized carbons (Fsp3) is 0.240. The first-order valence-electron chi connectivity index (χ1n) is 9.81. The SMILES string of the molecule is CC(C(=O)OC(C)(C)C)P(Br)(c1ccccc1)(c1ccccc1)c1ccccc1. The maximum atomic E-state index is 13.5. The molecule has 0 bridgehead atoms. The maximum absolute atomic E-state index is 13.5. The number of carbonyl (C=O) groups is 1. The molecule has 1 atom stereocenters. The van der Waals surface area contributed by atoms with E-state index in [0.29, 0.717) is 0 Å². The van der Waals surface area contributed by atoms with Gasteiger partial charge in [0.15, 0.2) is 0 Å². The number of hydrogen-bond acceptors (Lipinski definition) is 2. The molecular formula is C25H28BrO2P. The second-order valence-corrected chi connectivity index (χ2v) is 17.2. The summed E-state index contributed by atoms with van der Waals surface area (Å²) in [4.78, 5) is 13.5. The molecule has 29 heavy (non-hydrogen) atoms. The zero-order valence-corrected chi connectivity index (χ0v) is 19.9. The molecule has 0 spiro atoms. The Labute approximate surface area is 182 Å². The van der Waals surface area contributed by atoms with Crippen molar-refractivity contribution in [1.29, 1.82) is 0 Å². The molecule has 3 aromatic rings. The van der Waals surface area contributed by atoms with Crippen LogP contribution in [0.2, 0.25) is 0 Å². The van der Waals surface area contributed by atoms with Crippen molar-refractivity contribution < 1.29 is 9.53 Å². The Kier molecular flexibility index (Phi) is 6.03. The summed E-state index contributed by atoms with van der Waals surface area (Å²) in [7, 11) is 0. The zero-order chi connectivity index (χ0) is 21.1. The van der Waals surface area contributed by atoms with Crippen LogP contribution >= 0.6 is 20.8 Å². The van der Waals surface area contributed by atoms with Crippen LogP contribution in [0.25, 0.3) is 0 Å². The van der Waals surface area contributed by atoms with E-state index in [2.05, 4.69) is 51.9 Å². The molecule has 0 N–H and O–H groups in total. The van der Waals surface area contributed by atoms with Crippen LogP contribution in [-0.4, -0.2) is 17.2 Å². The third-order valence-electron chi connectivity index (χ3n) is 5.26. The normalized spacial score (nSPS) is 14.4. The Morgan fingerprint density at radius 2 is 1.07 bits per heavy atom. The van der Waals surface area contributed by atoms with Crippen LogP contribution in [0.3, 0.4) is 0 Å². The van der Waals surface area contributed by atoms with Crippen molar-refractivity contribution in [3.8, 4) is 0 Å². The molecule has 3 rings (SSSR count). The first-order valence-corrected chi connectivity index (χ1v) is 14.1. The van der Waals surface area contributed by atoms with Gasteiger partial charge in [-0.25, -0.2) is 0 Å². The van der Waals surface area contributed by atoms with Gasteiger partial charge >= 0.3 is 182 Å². The molecule has 1 unspecified atom stereocenters. The van der Waals surface area contributed by atoms with E-state index in [-0.39, 0.29) is 5.97 Å². The summed E-state index contributed by atoms with van der Waals surface area (Å²) >= 11 is 4.32. The summed E-state index contributed by atoms with van der Waals surface area (Å²) < 4.78 is 5.90. The minimum atomic E-state index is -3.37. The quantitative estimate of drug-likeness (QED) is 0.360. The Balaban J connectivity index is 2.41. The number of esters is 1. The van der Waals surface area contributed by atoms with Gasteiger partial charge in [-0.15, -0.1) is 0 Å². The number of carbonyl (C=O) groups excluding carboxylic acids is 1. The van der Waals surface area contributed by atoms with Crippen LogP contribution in [-0.2, 0) is 9.53 Å². The summed E-state index contributed by atoms with van der Waals surface area (Å²) in [5.74, 6) is -0.205. The van der Waals surface area contributed by atoms with Crippen LogP contribution < -0.4 is 15.9 Å². The molecule has 0 aliphatic carbocycles. The van der Waals surface area contributed by atoms with Gasteiger partial charge in [0.25, 0.3) is 0 Å². The molecule has 0 aliphatic rings. The fourth-order valence-electron chi connectivity index (χ4n) is 3.86. The van der Waals surface area contributed by atoms with Crippen molar-refractivity contribution in [3.05, 3.63) is 91.0 Å². The monoisotopic (exact) mass is 470 g/mol. The van der Waals surface area contributed by atoms with Crippen LogP contribution in [0.15, 0.2) is 91.0 Å². The van der Waals surface area contributed by atoms with E-state index in [0.717, 1.165) is 15.9 Å². The van der Waals surface area contributed by atoms with E-state index in [9.17, 15) is 4.79 Å². The molecule has 0 amide bonds. The third-order valence-corrected chi connectivity index (χ3v) is 16.4. The Hall–Kier alpha value is -1.96. The Morgan fingerprint density at radius 1 is 0.759 bits per heavy atom. The van der Waals surface area contributed by atoms with Crippen LogP contribution in [0.4, 0.5) is 0 Å². The van der Waals surface area contributed by atoms with E-state index in [4.69, 9.17) is 4.74 Å². The third kappa shape index (κ3) is 3.79. The molecule has 0 aromatic heterocycles. The van der Waals surface area contributed by atoms with Crippen molar-refractivity contribution in [1.82, 2.24) is 0 Å². The number of halogens is 1. The van der Waals surface area contributed by atoms with Gasteiger partial charge in [0.1, 0.15) is 0 Å². The van der Waals surface area contributed by atoms with E-state index >= 15 is 0 Å². The molecule has 0 aliphatic heterocycles. The average molecular weight is 471 g/mol. The number of rotatable bonds is 5. The van der Waals surface area contributed by atoms with Crippen LogP contribution in [0, 0.1) is 0 Å². The first kappa shape index (κ1) is 21.7. The summed E-state index contributed by atoms with van der Waals surface area (Å²) in [6.07, 6.45) is 0. The van der Waals surface area contributed by atoms with E-state index in [1.54, 1.807) is 0 Å². The van der Waals surface area contributed by atoms with Crippen molar-refractivity contribution in [2.75, 3.05) is 0 Å². The predicted molar refractivity (Wildman–Crippen MR) is 129 cm³/mol. The first-order chi connectivity index (χ1) is 13.7. The van der Waals surface area contributed by atoms with E-state index in [1.807, 2.05) is 82.3 Å². The van der Waals surface area contributed by atoms with Gasteiger partial charge in [0.2, 0.25) is 0 Å². The van der Waals surface area contributed by atoms with Gasteiger partial charge in [0.05, 0.1) is 0 Å². The van der Waals surface area contributed by atoms with Crippen LogP contribution in [0.1, 0.15) is 27.7 Å². The summed E-state index contributed by atoms with van der Waals surface area (Å²) in [6.45, 7) is 7.73. The molecule has 4 heteroatoms. The zero-order valence-electron chi connectivity index (χ0n) is 17.4. The molecule has 152 valence electrons. The molecule has 0 radical (unpaired) electrons. The van der Waals surface area contributed by atoms with Crippen molar-refractivity contribution in [2.45, 2.75) is 39.0 Å². The molecule has 0 saturated carbocycles. The van der Waals surface area contributed by atoms with E-state index < -0.39 is 16.6 Å². The van der Waals surface area contributed by atoms with Crippen molar-refractivity contribution in [3.63, 3.8) is 0 Å². The second kappa shape index (κ2) is 8.05. The van der Waals surface area contributed by atoms with E-state index in [1.165, 1.54) is 0 Å². The van der Waals surface area contributed by atoms with Gasteiger partial charge < -0.3 is 0 Å². The van der Waals surface area contributed by atoms with Gasteiger partial charge in [-0.1, -0.05) is 0 Å². The van der Waals surface area contributed by atoms with Crippen molar-refractivity contribution >= 4 is 42.7 Å². The van der Waals surface area contributed by atoms with Gasteiger partial charge in [-0.05, 0) is 0 Å². The summed E-state index contributed by atoms with van der Waals surface area (Å²) in [5.41, 5.74) is -0.982. The molecule has 0 fully saturated rings. The topological polar surface area (TPSA) is 26.3 Å². The standard InChI is InChI=1S/C25H28BrO2P/c1-20(24(27)28-25(2,3)4)29(26,21-14-8-5-9-15-21,22-16-10-6-11-17-22)23-18-12-7-13-19-23/h5-20H,1-4H3. The average Bonchev–Trinajstić information content (AvgIpc) is 2.73. The molecule has 2 nitrogen and oxygen atoms in total. The number of hydrogen-bond donors (Lipinski definition) is 0. The molecule has 0 heterocycles. The van der Waals surface area contributed by atoms with Gasteiger partial charge in [-0.3, -0.25) is 0 Å². The fourth-order valence-corrected chi connectivity index (χ4v) is 11.4. The second-order valence-electron chi connectivity index (χ2n) is 8.29. The molecule has 0 saturated heterocycles. The Bertz CT molecular complexity index is 867. The molecular weight excluding hydrogens is 443 g/mol. The predicted octanol–water partition coefficient (Wildman–Crippen LogP) is 5.56. The van der Waals surface area contributed by atoms with Crippen LogP contribution in [0.5, 0.6) is 0 Å². The minimum absolute atomic E-state index is 0.205. The molecule has 3 aromatic carbocycles. The summed E-state index contributed by atoms with van der Waals surface area (Å²) in [5, 5.41) is -0.0552. The van der Waals surface area contributed by atoms with Gasteiger partial charge in [0, 0.05) is 0 Å². The number of ether oxygens (including phenoxy) is 1. The summed E-state index contributed by atoms with van der Waals surface area (Å²) in [6, 6.07) is 30.9. The van der Waals surface area contributed by atoms with Gasteiger partial charge in [-0.2, -0.15) is 0 Å². The number of benzene rings is 3.